The van der Waals surface area contributed by atoms with Crippen LogP contribution in [-0.2, 0) is 14.3 Å². The van der Waals surface area contributed by atoms with Crippen LogP contribution in [0.25, 0.3) is 6.08 Å². The van der Waals surface area contributed by atoms with Gasteiger partial charge in [-0.3, -0.25) is 4.79 Å². The zero-order chi connectivity index (χ0) is 23.0. The molecule has 0 unspecified atom stereocenters. The maximum absolute atomic E-state index is 12.6. The van der Waals surface area contributed by atoms with E-state index in [9.17, 15) is 14.9 Å². The molecule has 0 atom stereocenters. The molecule has 2 aromatic carbocycles. The minimum absolute atomic E-state index is 0.120. The Morgan fingerprint density at radius 1 is 1.26 bits per heavy atom. The number of carbonyl (C=O) groups excluding carboxylic acids is 2. The molecule has 0 spiro atoms. The predicted molar refractivity (Wildman–Crippen MR) is 121 cm³/mol. The molecular weight excluding hydrogens is 488 g/mol. The number of esters is 1. The van der Waals surface area contributed by atoms with Crippen LogP contribution in [0.5, 0.6) is 11.5 Å². The van der Waals surface area contributed by atoms with Crippen LogP contribution in [0.2, 0.25) is 5.02 Å². The van der Waals surface area contributed by atoms with Crippen LogP contribution < -0.4 is 14.8 Å². The first-order valence-electron chi connectivity index (χ1n) is 9.14. The van der Waals surface area contributed by atoms with Crippen LogP contribution in [0.4, 0.5) is 5.69 Å². The summed E-state index contributed by atoms with van der Waals surface area (Å²) in [6.45, 7) is 3.62. The topological polar surface area (TPSA) is 97.6 Å². The Labute approximate surface area is 193 Å². The first-order chi connectivity index (χ1) is 14.8. The third kappa shape index (κ3) is 6.48. The Balaban J connectivity index is 2.35. The number of hydrogen-bond donors (Lipinski definition) is 1. The van der Waals surface area contributed by atoms with Gasteiger partial charge in [-0.05, 0) is 55.3 Å². The van der Waals surface area contributed by atoms with Crippen LogP contribution in [-0.4, -0.2) is 32.2 Å². The molecule has 0 aliphatic rings. The van der Waals surface area contributed by atoms with Crippen LogP contribution in [0.3, 0.4) is 0 Å². The highest BCUT2D eigenvalue weighted by molar-refractivity contribution is 9.10. The van der Waals surface area contributed by atoms with Gasteiger partial charge in [0.25, 0.3) is 5.91 Å². The summed E-state index contributed by atoms with van der Waals surface area (Å²) in [5.74, 6) is -0.455. The van der Waals surface area contributed by atoms with Gasteiger partial charge in [0.05, 0.1) is 13.7 Å². The molecule has 9 heteroatoms. The lowest BCUT2D eigenvalue weighted by atomic mass is 10.1. The van der Waals surface area contributed by atoms with Gasteiger partial charge < -0.3 is 19.5 Å². The number of anilines is 1. The van der Waals surface area contributed by atoms with Crippen LogP contribution >= 0.6 is 27.5 Å². The van der Waals surface area contributed by atoms with Crippen molar-refractivity contribution < 1.29 is 23.8 Å². The van der Waals surface area contributed by atoms with Gasteiger partial charge in [0.2, 0.25) is 0 Å². The molecule has 0 radical (unpaired) electrons. The molecule has 1 amide bonds. The standard InChI is InChI=1S/C22H20BrClN2O5/c1-4-30-19-9-14(16(23)10-20(19)31-12-21(27)29-3)8-15(11-25)22(28)26-18-7-5-6-17(24)13(18)2/h5-10H,4,12H2,1-3H3,(H,26,28)/b15-8+. The molecular formula is C22H20BrClN2O5. The van der Waals surface area contributed by atoms with Gasteiger partial charge in [0.15, 0.2) is 18.1 Å². The smallest absolute Gasteiger partial charge is 0.343 e. The summed E-state index contributed by atoms with van der Waals surface area (Å²) in [6, 6.07) is 10.2. The summed E-state index contributed by atoms with van der Waals surface area (Å²) in [5, 5.41) is 12.7. The predicted octanol–water partition coefficient (Wildman–Crippen LogP) is 4.91. The third-order valence-electron chi connectivity index (χ3n) is 4.12. The van der Waals surface area contributed by atoms with E-state index in [1.165, 1.54) is 13.2 Å². The number of methoxy groups -OCH3 is 1. The minimum Gasteiger partial charge on any atom is -0.490 e. The number of nitrogens with zero attached hydrogens (tertiary/aromatic N) is 1. The molecule has 0 saturated carbocycles. The fourth-order valence-corrected chi connectivity index (χ4v) is 3.09. The maximum Gasteiger partial charge on any atom is 0.343 e. The van der Waals surface area contributed by atoms with Crippen LogP contribution in [0.15, 0.2) is 40.4 Å². The molecule has 2 aromatic rings. The number of nitrogens with one attached hydrogen (secondary N) is 1. The van der Waals surface area contributed by atoms with Gasteiger partial charge in [-0.1, -0.05) is 33.6 Å². The molecule has 0 fully saturated rings. The first-order valence-corrected chi connectivity index (χ1v) is 10.3. The lowest BCUT2D eigenvalue weighted by Gasteiger charge is -2.14. The Hall–Kier alpha value is -3.02. The quantitative estimate of drug-likeness (QED) is 0.310. The van der Waals surface area contributed by atoms with Crippen molar-refractivity contribution in [2.45, 2.75) is 13.8 Å². The summed E-state index contributed by atoms with van der Waals surface area (Å²) in [4.78, 5) is 24.0. The second-order valence-electron chi connectivity index (χ2n) is 6.15. The number of ether oxygens (including phenoxy) is 3. The molecule has 2 rings (SSSR count). The molecule has 31 heavy (non-hydrogen) atoms. The molecule has 7 nitrogen and oxygen atoms in total. The fourth-order valence-electron chi connectivity index (χ4n) is 2.47. The summed E-state index contributed by atoms with van der Waals surface area (Å²) < 4.78 is 16.1. The average molecular weight is 508 g/mol. The Bertz CT molecular complexity index is 1060. The van der Waals surface area contributed by atoms with Gasteiger partial charge in [-0.2, -0.15) is 5.26 Å². The van der Waals surface area contributed by atoms with Gasteiger partial charge >= 0.3 is 5.97 Å². The Kier molecular flexibility index (Phi) is 8.91. The normalized spacial score (nSPS) is 10.8. The van der Waals surface area contributed by atoms with Gasteiger partial charge in [-0.25, -0.2) is 4.79 Å². The molecule has 1 N–H and O–H groups in total. The van der Waals surface area contributed by atoms with Crippen LogP contribution in [0, 0.1) is 18.3 Å². The van der Waals surface area contributed by atoms with Crippen LogP contribution in [0.1, 0.15) is 18.1 Å². The number of halogens is 2. The summed E-state index contributed by atoms with van der Waals surface area (Å²) in [6.07, 6.45) is 1.42. The van der Waals surface area contributed by atoms with Crippen molar-refractivity contribution in [1.82, 2.24) is 0 Å². The summed E-state index contributed by atoms with van der Waals surface area (Å²) in [7, 11) is 1.26. The fraction of sp³-hybridized carbons (Fsp3) is 0.227. The van der Waals surface area contributed by atoms with E-state index in [2.05, 4.69) is 26.0 Å². The number of rotatable bonds is 8. The SMILES string of the molecule is CCOc1cc(/C=C(\C#N)C(=O)Nc2cccc(Cl)c2C)c(Br)cc1OCC(=O)OC. The lowest BCUT2D eigenvalue weighted by molar-refractivity contribution is -0.142. The summed E-state index contributed by atoms with van der Waals surface area (Å²) in [5.41, 5.74) is 1.61. The number of carbonyl (C=O) groups is 2. The highest BCUT2D eigenvalue weighted by atomic mass is 79.9. The van der Waals surface area contributed by atoms with E-state index in [0.29, 0.717) is 44.4 Å². The van der Waals surface area contributed by atoms with Crippen molar-refractivity contribution in [3.8, 4) is 17.6 Å². The van der Waals surface area contributed by atoms with Gasteiger partial charge in [0.1, 0.15) is 11.6 Å². The Morgan fingerprint density at radius 2 is 1.97 bits per heavy atom. The summed E-state index contributed by atoms with van der Waals surface area (Å²) >= 11 is 9.48. The minimum atomic E-state index is -0.580. The molecule has 0 aliphatic heterocycles. The van der Waals surface area contributed by atoms with E-state index in [4.69, 9.17) is 21.1 Å². The van der Waals surface area contributed by atoms with Gasteiger partial charge in [0, 0.05) is 15.2 Å². The third-order valence-corrected chi connectivity index (χ3v) is 5.21. The molecule has 0 aliphatic carbocycles. The maximum atomic E-state index is 12.6. The van der Waals surface area contributed by atoms with E-state index < -0.39 is 11.9 Å². The van der Waals surface area contributed by atoms with Crippen molar-refractivity contribution >= 4 is 51.2 Å². The number of nitriles is 1. The second-order valence-corrected chi connectivity index (χ2v) is 7.42. The van der Waals surface area contributed by atoms with Crippen molar-refractivity contribution in [3.63, 3.8) is 0 Å². The Morgan fingerprint density at radius 3 is 2.61 bits per heavy atom. The number of amides is 1. The van der Waals surface area contributed by atoms with Crippen molar-refractivity contribution in [2.75, 3.05) is 25.6 Å². The molecule has 0 aromatic heterocycles. The zero-order valence-corrected chi connectivity index (χ0v) is 19.5. The first kappa shape index (κ1) is 24.3. The largest absolute Gasteiger partial charge is 0.490 e. The van der Waals surface area contributed by atoms with E-state index in [-0.39, 0.29) is 12.2 Å². The second kappa shape index (κ2) is 11.4. The van der Waals surface area contributed by atoms with E-state index in [1.807, 2.05) is 6.07 Å². The monoisotopic (exact) mass is 506 g/mol. The van der Waals surface area contributed by atoms with E-state index >= 15 is 0 Å². The average Bonchev–Trinajstić information content (AvgIpc) is 2.75. The highest BCUT2D eigenvalue weighted by Gasteiger charge is 2.16. The number of benzene rings is 2. The highest BCUT2D eigenvalue weighted by Crippen LogP contribution is 2.35. The van der Waals surface area contributed by atoms with Crippen molar-refractivity contribution in [2.24, 2.45) is 0 Å². The molecule has 0 bridgehead atoms. The number of hydrogen-bond acceptors (Lipinski definition) is 6. The lowest BCUT2D eigenvalue weighted by Crippen LogP contribution is -2.14. The van der Waals surface area contributed by atoms with E-state index in [1.54, 1.807) is 44.2 Å². The molecule has 0 heterocycles. The van der Waals surface area contributed by atoms with Crippen molar-refractivity contribution in [3.05, 3.63) is 56.5 Å². The molecule has 162 valence electrons. The molecule has 0 saturated heterocycles. The zero-order valence-electron chi connectivity index (χ0n) is 17.1. The van der Waals surface area contributed by atoms with Crippen molar-refractivity contribution in [1.29, 1.82) is 5.26 Å². The van der Waals surface area contributed by atoms with E-state index in [0.717, 1.165) is 0 Å². The van der Waals surface area contributed by atoms with Gasteiger partial charge in [-0.15, -0.1) is 0 Å².